The first-order valence-corrected chi connectivity index (χ1v) is 6.29. The lowest BCUT2D eigenvalue weighted by Crippen LogP contribution is -2.13. The lowest BCUT2D eigenvalue weighted by Gasteiger charge is -2.24. The fourth-order valence-electron chi connectivity index (χ4n) is 2.78. The quantitative estimate of drug-likeness (QED) is 0.725. The minimum absolute atomic E-state index is 0.251. The van der Waals surface area contributed by atoms with E-state index in [0.29, 0.717) is 11.8 Å². The highest BCUT2D eigenvalue weighted by Crippen LogP contribution is 2.31. The first-order chi connectivity index (χ1) is 7.40. The molecule has 2 nitrogen and oxygen atoms in total. The summed E-state index contributed by atoms with van der Waals surface area (Å²) in [6.07, 6.45) is 10.0. The summed E-state index contributed by atoms with van der Waals surface area (Å²) in [5, 5.41) is 9.43. The number of rotatable bonds is 3. The summed E-state index contributed by atoms with van der Waals surface area (Å²) in [6, 6.07) is 0. The van der Waals surface area contributed by atoms with Crippen LogP contribution >= 0.6 is 0 Å². The Bertz CT molecular complexity index is 211. The number of ether oxygens (including phenoxy) is 1. The van der Waals surface area contributed by atoms with Gasteiger partial charge in [0.25, 0.3) is 0 Å². The number of aliphatic hydroxyl groups excluding tert-OH is 1. The zero-order chi connectivity index (χ0) is 10.5. The Kier molecular flexibility index (Phi) is 4.21. The van der Waals surface area contributed by atoms with Crippen LogP contribution in [0.3, 0.4) is 0 Å². The van der Waals surface area contributed by atoms with E-state index in [9.17, 15) is 5.11 Å². The van der Waals surface area contributed by atoms with Gasteiger partial charge in [-0.1, -0.05) is 25.3 Å². The molecule has 0 radical (unpaired) electrons. The average Bonchev–Trinajstić information content (AvgIpc) is 2.80. The number of hydrogen-bond acceptors (Lipinski definition) is 2. The molecular formula is C13H22O2. The molecule has 0 bridgehead atoms. The fraction of sp³-hybridized carbons (Fsp3) is 0.846. The zero-order valence-corrected chi connectivity index (χ0v) is 9.45. The monoisotopic (exact) mass is 210 g/mol. The second-order valence-electron chi connectivity index (χ2n) is 4.86. The Labute approximate surface area is 92.3 Å². The van der Waals surface area contributed by atoms with E-state index in [1.807, 2.05) is 0 Å². The van der Waals surface area contributed by atoms with E-state index in [1.54, 1.807) is 0 Å². The maximum atomic E-state index is 9.43. The first-order valence-electron chi connectivity index (χ1n) is 6.29. The third kappa shape index (κ3) is 3.05. The van der Waals surface area contributed by atoms with Crippen molar-refractivity contribution in [2.75, 3.05) is 19.8 Å². The van der Waals surface area contributed by atoms with Gasteiger partial charge >= 0.3 is 0 Å². The second kappa shape index (κ2) is 5.66. The number of aliphatic hydroxyl groups is 1. The maximum absolute atomic E-state index is 9.43. The normalized spacial score (nSPS) is 29.7. The molecule has 1 N–H and O–H groups in total. The molecule has 1 atom stereocenters. The van der Waals surface area contributed by atoms with Crippen LogP contribution in [0.1, 0.15) is 38.5 Å². The van der Waals surface area contributed by atoms with Crippen molar-refractivity contribution in [3.05, 3.63) is 11.6 Å². The number of hydrogen-bond donors (Lipinski definition) is 1. The second-order valence-corrected chi connectivity index (χ2v) is 4.86. The van der Waals surface area contributed by atoms with E-state index in [4.69, 9.17) is 4.74 Å². The summed E-state index contributed by atoms with van der Waals surface area (Å²) in [7, 11) is 0. The van der Waals surface area contributed by atoms with Crippen molar-refractivity contribution in [1.82, 2.24) is 0 Å². The molecular weight excluding hydrogens is 188 g/mol. The molecule has 1 aliphatic carbocycles. The minimum Gasteiger partial charge on any atom is -0.392 e. The van der Waals surface area contributed by atoms with Crippen LogP contribution in [0.5, 0.6) is 0 Å². The molecule has 1 saturated heterocycles. The van der Waals surface area contributed by atoms with Crippen molar-refractivity contribution in [2.45, 2.75) is 38.5 Å². The Balaban J connectivity index is 1.94. The topological polar surface area (TPSA) is 29.5 Å². The highest BCUT2D eigenvalue weighted by atomic mass is 16.5. The van der Waals surface area contributed by atoms with E-state index in [1.165, 1.54) is 37.7 Å². The molecule has 2 rings (SSSR count). The average molecular weight is 210 g/mol. The van der Waals surface area contributed by atoms with Crippen molar-refractivity contribution in [1.29, 1.82) is 0 Å². The fourth-order valence-corrected chi connectivity index (χ4v) is 2.78. The Morgan fingerprint density at radius 1 is 1.20 bits per heavy atom. The van der Waals surface area contributed by atoms with E-state index < -0.39 is 0 Å². The van der Waals surface area contributed by atoms with Gasteiger partial charge in [0.05, 0.1) is 13.2 Å². The van der Waals surface area contributed by atoms with Crippen LogP contribution in [0.15, 0.2) is 11.6 Å². The lowest BCUT2D eigenvalue weighted by atomic mass is 9.82. The third-order valence-electron chi connectivity index (χ3n) is 3.73. The predicted molar refractivity (Wildman–Crippen MR) is 60.7 cm³/mol. The van der Waals surface area contributed by atoms with Gasteiger partial charge in [-0.2, -0.15) is 0 Å². The van der Waals surface area contributed by atoms with Gasteiger partial charge in [-0.3, -0.25) is 0 Å². The molecule has 1 heterocycles. The molecule has 0 aromatic carbocycles. The van der Waals surface area contributed by atoms with Crippen LogP contribution in [-0.4, -0.2) is 24.9 Å². The van der Waals surface area contributed by atoms with Gasteiger partial charge in [0.2, 0.25) is 0 Å². The van der Waals surface area contributed by atoms with Gasteiger partial charge < -0.3 is 9.84 Å². The predicted octanol–water partition coefficient (Wildman–Crippen LogP) is 2.52. The van der Waals surface area contributed by atoms with E-state index >= 15 is 0 Å². The highest BCUT2D eigenvalue weighted by molar-refractivity contribution is 5.10. The zero-order valence-electron chi connectivity index (χ0n) is 9.45. The molecule has 1 aliphatic heterocycles. The largest absolute Gasteiger partial charge is 0.392 e. The Morgan fingerprint density at radius 2 is 2.00 bits per heavy atom. The molecule has 0 aromatic heterocycles. The van der Waals surface area contributed by atoms with Crippen molar-refractivity contribution in [3.63, 3.8) is 0 Å². The summed E-state index contributed by atoms with van der Waals surface area (Å²) in [6.45, 7) is 2.00. The Hall–Kier alpha value is -0.340. The molecule has 1 unspecified atom stereocenters. The van der Waals surface area contributed by atoms with Crippen LogP contribution in [0.2, 0.25) is 0 Å². The van der Waals surface area contributed by atoms with Crippen LogP contribution in [-0.2, 0) is 4.74 Å². The highest BCUT2D eigenvalue weighted by Gasteiger charge is 2.20. The molecule has 15 heavy (non-hydrogen) atoms. The van der Waals surface area contributed by atoms with Gasteiger partial charge in [0.15, 0.2) is 0 Å². The molecule has 0 spiro atoms. The lowest BCUT2D eigenvalue weighted by molar-refractivity contribution is 0.191. The van der Waals surface area contributed by atoms with E-state index in [0.717, 1.165) is 19.6 Å². The van der Waals surface area contributed by atoms with Gasteiger partial charge in [-0.05, 0) is 30.8 Å². The molecule has 1 saturated carbocycles. The molecule has 2 heteroatoms. The van der Waals surface area contributed by atoms with Crippen molar-refractivity contribution >= 4 is 0 Å². The van der Waals surface area contributed by atoms with Crippen molar-refractivity contribution in [3.8, 4) is 0 Å². The van der Waals surface area contributed by atoms with Gasteiger partial charge in [-0.25, -0.2) is 0 Å². The van der Waals surface area contributed by atoms with E-state index in [-0.39, 0.29) is 6.61 Å². The SMILES string of the molecule is OC/C(=C/C1CCOC1)C1CCCCC1. The summed E-state index contributed by atoms with van der Waals surface area (Å²) in [5.74, 6) is 1.22. The van der Waals surface area contributed by atoms with Crippen LogP contribution in [0, 0.1) is 11.8 Å². The maximum Gasteiger partial charge on any atom is 0.0644 e. The third-order valence-corrected chi connectivity index (χ3v) is 3.73. The van der Waals surface area contributed by atoms with Crippen LogP contribution in [0.25, 0.3) is 0 Å². The van der Waals surface area contributed by atoms with Crippen LogP contribution in [0.4, 0.5) is 0 Å². The molecule has 86 valence electrons. The minimum atomic E-state index is 0.251. The standard InChI is InChI=1S/C13H22O2/c14-9-13(8-11-6-7-15-10-11)12-4-2-1-3-5-12/h8,11-12,14H,1-7,9-10H2/b13-8-. The van der Waals surface area contributed by atoms with E-state index in [2.05, 4.69) is 6.08 Å². The summed E-state index contributed by atoms with van der Waals surface area (Å²) in [5.41, 5.74) is 1.28. The molecule has 0 amide bonds. The van der Waals surface area contributed by atoms with Crippen molar-refractivity contribution in [2.24, 2.45) is 11.8 Å². The molecule has 2 aliphatic rings. The summed E-state index contributed by atoms with van der Waals surface area (Å²) >= 11 is 0. The Morgan fingerprint density at radius 3 is 2.60 bits per heavy atom. The smallest absolute Gasteiger partial charge is 0.0644 e. The first kappa shape index (κ1) is 11.2. The molecule has 2 fully saturated rings. The van der Waals surface area contributed by atoms with Crippen LogP contribution < -0.4 is 0 Å². The summed E-state index contributed by atoms with van der Waals surface area (Å²) in [4.78, 5) is 0. The van der Waals surface area contributed by atoms with Gasteiger partial charge in [0.1, 0.15) is 0 Å². The molecule has 0 aromatic rings. The van der Waals surface area contributed by atoms with Gasteiger partial charge in [-0.15, -0.1) is 0 Å². The van der Waals surface area contributed by atoms with Crippen molar-refractivity contribution < 1.29 is 9.84 Å². The van der Waals surface area contributed by atoms with Gasteiger partial charge in [0, 0.05) is 12.5 Å². The summed E-state index contributed by atoms with van der Waals surface area (Å²) < 4.78 is 5.36.